The van der Waals surface area contributed by atoms with Crippen molar-refractivity contribution in [3.8, 4) is 17.1 Å². The standard InChI is InChI=1S/C15H17N3O5/c1-2-22-11-5-3-10(4-6-11)15-17-13(23-18-15)8-7-12(19)16-9-14(20)21/h3-6H,2,7-9H2,1H3,(H,16,19)(H,20,21). The van der Waals surface area contributed by atoms with Gasteiger partial charge in [-0.1, -0.05) is 5.16 Å². The maximum Gasteiger partial charge on any atom is 0.322 e. The Morgan fingerprint density at radius 1 is 1.30 bits per heavy atom. The lowest BCUT2D eigenvalue weighted by molar-refractivity contribution is -0.137. The number of hydrogen-bond acceptors (Lipinski definition) is 6. The quantitative estimate of drug-likeness (QED) is 0.753. The summed E-state index contributed by atoms with van der Waals surface area (Å²) in [4.78, 5) is 26.0. The normalized spacial score (nSPS) is 10.3. The molecule has 2 N–H and O–H groups in total. The molecule has 0 fully saturated rings. The molecule has 0 saturated carbocycles. The molecule has 2 aromatic rings. The fraction of sp³-hybridized carbons (Fsp3) is 0.333. The number of carbonyl (C=O) groups is 2. The number of benzene rings is 1. The van der Waals surface area contributed by atoms with E-state index in [1.807, 2.05) is 31.2 Å². The van der Waals surface area contributed by atoms with Gasteiger partial charge < -0.3 is 19.7 Å². The molecule has 1 aromatic heterocycles. The summed E-state index contributed by atoms with van der Waals surface area (Å²) in [6.45, 7) is 2.10. The van der Waals surface area contributed by atoms with Crippen LogP contribution in [-0.4, -0.2) is 40.3 Å². The molecule has 0 spiro atoms. The SMILES string of the molecule is CCOc1ccc(-c2noc(CCC(=O)NCC(=O)O)n2)cc1. The minimum atomic E-state index is -1.09. The number of nitrogens with one attached hydrogen (secondary N) is 1. The predicted molar refractivity (Wildman–Crippen MR) is 79.9 cm³/mol. The largest absolute Gasteiger partial charge is 0.494 e. The van der Waals surface area contributed by atoms with Gasteiger partial charge in [0, 0.05) is 18.4 Å². The molecule has 0 aliphatic rings. The number of aryl methyl sites for hydroxylation is 1. The molecule has 8 nitrogen and oxygen atoms in total. The van der Waals surface area contributed by atoms with Gasteiger partial charge in [-0.2, -0.15) is 4.98 Å². The minimum absolute atomic E-state index is 0.0815. The van der Waals surface area contributed by atoms with Crippen LogP contribution in [0.3, 0.4) is 0 Å². The summed E-state index contributed by atoms with van der Waals surface area (Å²) < 4.78 is 10.4. The first kappa shape index (κ1) is 16.5. The van der Waals surface area contributed by atoms with Gasteiger partial charge in [0.1, 0.15) is 12.3 Å². The molecule has 23 heavy (non-hydrogen) atoms. The molecule has 1 amide bonds. The van der Waals surface area contributed by atoms with E-state index in [0.29, 0.717) is 18.3 Å². The van der Waals surface area contributed by atoms with E-state index in [1.165, 1.54) is 0 Å². The smallest absolute Gasteiger partial charge is 0.322 e. The van der Waals surface area contributed by atoms with Gasteiger partial charge in [-0.3, -0.25) is 9.59 Å². The van der Waals surface area contributed by atoms with Gasteiger partial charge in [0.25, 0.3) is 0 Å². The van der Waals surface area contributed by atoms with Gasteiger partial charge in [0.2, 0.25) is 17.6 Å². The van der Waals surface area contributed by atoms with Crippen molar-refractivity contribution in [3.05, 3.63) is 30.2 Å². The highest BCUT2D eigenvalue weighted by Gasteiger charge is 2.11. The van der Waals surface area contributed by atoms with Crippen LogP contribution in [0.4, 0.5) is 0 Å². The van der Waals surface area contributed by atoms with Gasteiger partial charge in [-0.25, -0.2) is 0 Å². The summed E-state index contributed by atoms with van der Waals surface area (Å²) in [6, 6.07) is 7.26. The number of carboxylic acids is 1. The van der Waals surface area contributed by atoms with Crippen molar-refractivity contribution in [1.29, 1.82) is 0 Å². The third-order valence-corrected chi connectivity index (χ3v) is 2.89. The molecule has 122 valence electrons. The highest BCUT2D eigenvalue weighted by Crippen LogP contribution is 2.20. The van der Waals surface area contributed by atoms with E-state index >= 15 is 0 Å². The topological polar surface area (TPSA) is 115 Å². The van der Waals surface area contributed by atoms with Crippen LogP contribution in [0.15, 0.2) is 28.8 Å². The number of amides is 1. The summed E-state index contributed by atoms with van der Waals surface area (Å²) in [7, 11) is 0. The molecule has 1 aromatic carbocycles. The monoisotopic (exact) mass is 319 g/mol. The molecule has 1 heterocycles. The number of aromatic nitrogens is 2. The summed E-state index contributed by atoms with van der Waals surface area (Å²) in [5, 5.41) is 14.6. The van der Waals surface area contributed by atoms with E-state index < -0.39 is 12.5 Å². The Morgan fingerprint density at radius 3 is 2.70 bits per heavy atom. The van der Waals surface area contributed by atoms with Gasteiger partial charge >= 0.3 is 5.97 Å². The van der Waals surface area contributed by atoms with Crippen LogP contribution in [0.2, 0.25) is 0 Å². The van der Waals surface area contributed by atoms with Crippen LogP contribution >= 0.6 is 0 Å². The number of rotatable bonds is 8. The van der Waals surface area contributed by atoms with Crippen LogP contribution in [0.5, 0.6) is 5.75 Å². The number of aliphatic carboxylic acids is 1. The molecule has 0 unspecified atom stereocenters. The number of ether oxygens (including phenoxy) is 1. The van der Waals surface area contributed by atoms with Crippen LogP contribution in [-0.2, 0) is 16.0 Å². The van der Waals surface area contributed by atoms with Gasteiger partial charge in [0.05, 0.1) is 6.61 Å². The second-order valence-electron chi connectivity index (χ2n) is 4.64. The zero-order valence-electron chi connectivity index (χ0n) is 12.6. The first-order valence-corrected chi connectivity index (χ1v) is 7.12. The van der Waals surface area contributed by atoms with Crippen molar-refractivity contribution in [2.45, 2.75) is 19.8 Å². The third kappa shape index (κ3) is 5.10. The van der Waals surface area contributed by atoms with Crippen LogP contribution in [0, 0.1) is 0 Å². The Hall–Kier alpha value is -2.90. The maximum absolute atomic E-state index is 11.4. The molecule has 0 saturated heterocycles. The zero-order valence-corrected chi connectivity index (χ0v) is 12.6. The molecule has 0 atom stereocenters. The van der Waals surface area contributed by atoms with E-state index in [2.05, 4.69) is 15.5 Å². The van der Waals surface area contributed by atoms with Gasteiger partial charge in [0.15, 0.2) is 0 Å². The first-order valence-electron chi connectivity index (χ1n) is 7.12. The van der Waals surface area contributed by atoms with Crippen LogP contribution in [0.25, 0.3) is 11.4 Å². The number of carbonyl (C=O) groups excluding carboxylic acids is 1. The second-order valence-corrected chi connectivity index (χ2v) is 4.64. The van der Waals surface area contributed by atoms with Crippen molar-refractivity contribution < 1.29 is 24.0 Å². The average Bonchev–Trinajstić information content (AvgIpc) is 3.01. The second kappa shape index (κ2) is 7.92. The predicted octanol–water partition coefficient (Wildman–Crippen LogP) is 1.27. The molecule has 0 aliphatic heterocycles. The van der Waals surface area contributed by atoms with Gasteiger partial charge in [-0.15, -0.1) is 0 Å². The Bertz CT molecular complexity index is 666. The summed E-state index contributed by atoms with van der Waals surface area (Å²) >= 11 is 0. The molecular formula is C15H17N3O5. The molecule has 0 radical (unpaired) electrons. The lowest BCUT2D eigenvalue weighted by Gasteiger charge is -2.02. The van der Waals surface area contributed by atoms with Crippen LogP contribution in [0.1, 0.15) is 19.2 Å². The Labute approximate surface area is 132 Å². The summed E-state index contributed by atoms with van der Waals surface area (Å²) in [5.41, 5.74) is 0.777. The number of nitrogens with zero attached hydrogens (tertiary/aromatic N) is 2. The maximum atomic E-state index is 11.4. The van der Waals surface area contributed by atoms with E-state index in [4.69, 9.17) is 14.4 Å². The van der Waals surface area contributed by atoms with Crippen molar-refractivity contribution in [2.24, 2.45) is 0 Å². The minimum Gasteiger partial charge on any atom is -0.494 e. The third-order valence-electron chi connectivity index (χ3n) is 2.89. The van der Waals surface area contributed by atoms with E-state index in [0.717, 1.165) is 11.3 Å². The fourth-order valence-electron chi connectivity index (χ4n) is 1.82. The lowest BCUT2D eigenvalue weighted by Crippen LogP contribution is -2.29. The van der Waals surface area contributed by atoms with E-state index in [-0.39, 0.29) is 18.7 Å². The first-order chi connectivity index (χ1) is 11.1. The number of carboxylic acid groups (broad SMARTS) is 1. The summed E-state index contributed by atoms with van der Waals surface area (Å²) in [5.74, 6) is 0.0329. The van der Waals surface area contributed by atoms with Gasteiger partial charge in [-0.05, 0) is 31.2 Å². The van der Waals surface area contributed by atoms with Crippen molar-refractivity contribution >= 4 is 11.9 Å². The Kier molecular flexibility index (Phi) is 5.67. The Balaban J connectivity index is 1.90. The molecule has 0 aliphatic carbocycles. The average molecular weight is 319 g/mol. The molecule has 8 heteroatoms. The van der Waals surface area contributed by atoms with Crippen LogP contribution < -0.4 is 10.1 Å². The number of hydrogen-bond donors (Lipinski definition) is 2. The molecule has 2 rings (SSSR count). The lowest BCUT2D eigenvalue weighted by atomic mass is 10.2. The highest BCUT2D eigenvalue weighted by molar-refractivity contribution is 5.81. The molecule has 0 bridgehead atoms. The Morgan fingerprint density at radius 2 is 2.04 bits per heavy atom. The van der Waals surface area contributed by atoms with E-state index in [9.17, 15) is 9.59 Å². The van der Waals surface area contributed by atoms with Crippen molar-refractivity contribution in [1.82, 2.24) is 15.5 Å². The molecular weight excluding hydrogens is 302 g/mol. The van der Waals surface area contributed by atoms with E-state index in [1.54, 1.807) is 0 Å². The zero-order chi connectivity index (χ0) is 16.7. The van der Waals surface area contributed by atoms with Crippen molar-refractivity contribution in [3.63, 3.8) is 0 Å². The highest BCUT2D eigenvalue weighted by atomic mass is 16.5. The fourth-order valence-corrected chi connectivity index (χ4v) is 1.82. The van der Waals surface area contributed by atoms with Crippen molar-refractivity contribution in [2.75, 3.05) is 13.2 Å². The summed E-state index contributed by atoms with van der Waals surface area (Å²) in [6.07, 6.45) is 0.327.